The summed E-state index contributed by atoms with van der Waals surface area (Å²) in [5.74, 6) is 0.997. The predicted molar refractivity (Wildman–Crippen MR) is 150 cm³/mol. The SMILES string of the molecule is CCC(CC)c1ccnc(Nc2cc(C)cc(-c3cnc([C@@]4(O)CCCc5cc(C(=O)O)ccc54)s3)n2)c1. The van der Waals surface area contributed by atoms with Crippen molar-refractivity contribution < 1.29 is 15.0 Å². The Bertz CT molecular complexity index is 1480. The molecule has 38 heavy (non-hydrogen) atoms. The molecule has 5 rings (SSSR count). The zero-order chi connectivity index (χ0) is 26.9. The minimum atomic E-state index is -1.25. The van der Waals surface area contributed by atoms with Gasteiger partial charge in [-0.2, -0.15) is 0 Å². The fraction of sp³-hybridized carbons (Fsp3) is 0.333. The number of thiazole rings is 1. The van der Waals surface area contributed by atoms with Gasteiger partial charge in [0.1, 0.15) is 22.2 Å². The lowest BCUT2D eigenvalue weighted by atomic mass is 9.79. The molecule has 1 aromatic carbocycles. The van der Waals surface area contributed by atoms with E-state index in [4.69, 9.17) is 4.98 Å². The van der Waals surface area contributed by atoms with Crippen LogP contribution in [0.2, 0.25) is 0 Å². The van der Waals surface area contributed by atoms with Crippen LogP contribution in [-0.4, -0.2) is 31.1 Å². The molecule has 1 atom stereocenters. The second-order valence-electron chi connectivity index (χ2n) is 9.95. The lowest BCUT2D eigenvalue weighted by Crippen LogP contribution is -2.32. The van der Waals surface area contributed by atoms with E-state index in [-0.39, 0.29) is 5.56 Å². The number of aliphatic hydroxyl groups is 1. The van der Waals surface area contributed by atoms with E-state index < -0.39 is 11.6 Å². The number of aromatic carboxylic acids is 1. The molecule has 0 spiro atoms. The summed E-state index contributed by atoms with van der Waals surface area (Å²) in [6, 6.07) is 13.1. The summed E-state index contributed by atoms with van der Waals surface area (Å²) in [5.41, 5.74) is 3.66. The van der Waals surface area contributed by atoms with Crippen LogP contribution in [0.4, 0.5) is 11.6 Å². The quantitative estimate of drug-likeness (QED) is 0.230. The lowest BCUT2D eigenvalue weighted by molar-refractivity contribution is 0.0607. The van der Waals surface area contributed by atoms with E-state index in [1.165, 1.54) is 16.9 Å². The summed E-state index contributed by atoms with van der Waals surface area (Å²) in [6.07, 6.45) is 7.78. The van der Waals surface area contributed by atoms with E-state index in [1.54, 1.807) is 24.4 Å². The van der Waals surface area contributed by atoms with Gasteiger partial charge in [0.25, 0.3) is 0 Å². The van der Waals surface area contributed by atoms with Gasteiger partial charge in [0.2, 0.25) is 0 Å². The number of fused-ring (bicyclic) bond motifs is 1. The van der Waals surface area contributed by atoms with Crippen molar-refractivity contribution in [3.05, 3.63) is 87.7 Å². The Morgan fingerprint density at radius 1 is 1.11 bits per heavy atom. The van der Waals surface area contributed by atoms with Crippen LogP contribution in [0.25, 0.3) is 10.6 Å². The summed E-state index contributed by atoms with van der Waals surface area (Å²) in [6.45, 7) is 6.43. The largest absolute Gasteiger partial charge is 0.478 e. The number of aryl methyl sites for hydroxylation is 2. The monoisotopic (exact) mass is 528 g/mol. The van der Waals surface area contributed by atoms with Gasteiger partial charge in [0.15, 0.2) is 0 Å². The van der Waals surface area contributed by atoms with Crippen molar-refractivity contribution in [2.45, 2.75) is 64.4 Å². The number of hydrogen-bond acceptors (Lipinski definition) is 7. The Hall–Kier alpha value is -3.62. The number of rotatable bonds is 8. The Morgan fingerprint density at radius 2 is 1.92 bits per heavy atom. The van der Waals surface area contributed by atoms with Gasteiger partial charge in [-0.25, -0.2) is 19.7 Å². The van der Waals surface area contributed by atoms with Gasteiger partial charge in [-0.15, -0.1) is 11.3 Å². The Kier molecular flexibility index (Phi) is 7.27. The van der Waals surface area contributed by atoms with Gasteiger partial charge in [0.05, 0.1) is 16.1 Å². The number of nitrogens with one attached hydrogen (secondary N) is 1. The average Bonchev–Trinajstić information content (AvgIpc) is 3.41. The van der Waals surface area contributed by atoms with Gasteiger partial charge in [0, 0.05) is 12.4 Å². The standard InChI is InChI=1S/C30H32N4O3S/c1-4-19(5-2)20-10-12-31-26(16-20)34-27-14-18(3)13-24(33-27)25-17-32-29(38-25)30(37)11-6-7-21-15-22(28(35)36)8-9-23(21)30/h8-10,12-17,19,37H,4-7,11H2,1-3H3,(H,35,36)(H,31,33,34)/t30-/m1/s1. The highest BCUT2D eigenvalue weighted by atomic mass is 32.1. The zero-order valence-electron chi connectivity index (χ0n) is 21.9. The van der Waals surface area contributed by atoms with Crippen LogP contribution in [0.1, 0.15) is 83.1 Å². The number of nitrogens with zero attached hydrogens (tertiary/aromatic N) is 3. The smallest absolute Gasteiger partial charge is 0.335 e. The summed E-state index contributed by atoms with van der Waals surface area (Å²) < 4.78 is 0. The maximum Gasteiger partial charge on any atom is 0.335 e. The molecule has 3 heterocycles. The van der Waals surface area contributed by atoms with Crippen molar-refractivity contribution in [3.8, 4) is 10.6 Å². The van der Waals surface area contributed by atoms with Crippen LogP contribution in [0.5, 0.6) is 0 Å². The summed E-state index contributed by atoms with van der Waals surface area (Å²) >= 11 is 1.42. The van der Waals surface area contributed by atoms with Gasteiger partial charge < -0.3 is 15.5 Å². The molecule has 3 aromatic heterocycles. The van der Waals surface area contributed by atoms with E-state index in [1.807, 2.05) is 25.3 Å². The Morgan fingerprint density at radius 3 is 2.68 bits per heavy atom. The molecule has 1 aliphatic rings. The molecule has 3 N–H and O–H groups in total. The maximum absolute atomic E-state index is 11.8. The van der Waals surface area contributed by atoms with Crippen molar-refractivity contribution in [1.29, 1.82) is 0 Å². The van der Waals surface area contributed by atoms with Crippen LogP contribution in [-0.2, 0) is 12.0 Å². The van der Waals surface area contributed by atoms with Crippen LogP contribution in [0.3, 0.4) is 0 Å². The molecular weight excluding hydrogens is 496 g/mol. The van der Waals surface area contributed by atoms with E-state index in [2.05, 4.69) is 41.3 Å². The van der Waals surface area contributed by atoms with Crippen molar-refractivity contribution in [2.75, 3.05) is 5.32 Å². The van der Waals surface area contributed by atoms with E-state index in [0.29, 0.717) is 23.2 Å². The number of pyridine rings is 2. The number of carbonyl (C=O) groups is 1. The van der Waals surface area contributed by atoms with Crippen molar-refractivity contribution in [3.63, 3.8) is 0 Å². The van der Waals surface area contributed by atoms with Crippen molar-refractivity contribution in [1.82, 2.24) is 15.0 Å². The van der Waals surface area contributed by atoms with Crippen molar-refractivity contribution >= 4 is 28.9 Å². The first-order valence-electron chi connectivity index (χ1n) is 13.1. The van der Waals surface area contributed by atoms with E-state index in [9.17, 15) is 15.0 Å². The second kappa shape index (κ2) is 10.6. The molecule has 0 aliphatic heterocycles. The topological polar surface area (TPSA) is 108 Å². The zero-order valence-corrected chi connectivity index (χ0v) is 22.7. The van der Waals surface area contributed by atoms with Gasteiger partial charge in [-0.1, -0.05) is 19.9 Å². The molecule has 8 heteroatoms. The van der Waals surface area contributed by atoms with Gasteiger partial charge in [-0.05, 0) is 104 Å². The number of hydrogen-bond donors (Lipinski definition) is 3. The van der Waals surface area contributed by atoms with Crippen LogP contribution in [0, 0.1) is 6.92 Å². The third-order valence-corrected chi connectivity index (χ3v) is 8.53. The summed E-state index contributed by atoms with van der Waals surface area (Å²) in [5, 5.41) is 25.1. The van der Waals surface area contributed by atoms with Crippen LogP contribution >= 0.6 is 11.3 Å². The number of aromatic nitrogens is 3. The van der Waals surface area contributed by atoms with Crippen LogP contribution in [0.15, 0.2) is 54.9 Å². The first-order chi connectivity index (χ1) is 18.3. The molecule has 0 unspecified atom stereocenters. The minimum Gasteiger partial charge on any atom is -0.478 e. The number of carboxylic acids is 1. The van der Waals surface area contributed by atoms with Gasteiger partial charge >= 0.3 is 5.97 Å². The average molecular weight is 529 g/mol. The number of benzene rings is 1. The summed E-state index contributed by atoms with van der Waals surface area (Å²) in [4.78, 5) is 26.2. The van der Waals surface area contributed by atoms with Crippen LogP contribution < -0.4 is 5.32 Å². The fourth-order valence-electron chi connectivity index (χ4n) is 5.33. The normalized spacial score (nSPS) is 16.9. The van der Waals surface area contributed by atoms with Crippen molar-refractivity contribution in [2.24, 2.45) is 0 Å². The third kappa shape index (κ3) is 5.06. The fourth-order valence-corrected chi connectivity index (χ4v) is 6.34. The second-order valence-corrected chi connectivity index (χ2v) is 11.0. The molecule has 0 bridgehead atoms. The molecule has 4 aromatic rings. The molecule has 0 saturated carbocycles. The van der Waals surface area contributed by atoms with E-state index in [0.717, 1.165) is 58.8 Å². The molecular formula is C30H32N4O3S. The molecule has 1 aliphatic carbocycles. The molecule has 0 fully saturated rings. The first kappa shape index (κ1) is 26.0. The molecule has 7 nitrogen and oxygen atoms in total. The van der Waals surface area contributed by atoms with E-state index >= 15 is 0 Å². The molecule has 196 valence electrons. The molecule has 0 amide bonds. The molecule has 0 radical (unpaired) electrons. The number of carboxylic acid groups (broad SMARTS) is 1. The number of anilines is 2. The Balaban J connectivity index is 1.44. The first-order valence-corrected chi connectivity index (χ1v) is 13.9. The lowest BCUT2D eigenvalue weighted by Gasteiger charge is -2.33. The molecule has 0 saturated heterocycles. The highest BCUT2D eigenvalue weighted by Gasteiger charge is 2.39. The highest BCUT2D eigenvalue weighted by Crippen LogP contribution is 2.43. The predicted octanol–water partition coefficient (Wildman–Crippen LogP) is 6.83. The highest BCUT2D eigenvalue weighted by molar-refractivity contribution is 7.15. The maximum atomic E-state index is 11.8. The third-order valence-electron chi connectivity index (χ3n) is 7.36. The van der Waals surface area contributed by atoms with Gasteiger partial charge in [-0.3, -0.25) is 0 Å². The minimum absolute atomic E-state index is 0.233. The summed E-state index contributed by atoms with van der Waals surface area (Å²) in [7, 11) is 0. The Labute approximate surface area is 226 Å².